The Hall–Kier alpha value is -3.19. The van der Waals surface area contributed by atoms with Gasteiger partial charge >= 0.3 is 0 Å². The number of piperazine rings is 1. The molecule has 0 atom stereocenters. The molecule has 1 aromatic carbocycles. The molecule has 1 fully saturated rings. The number of hydrogen-bond donors (Lipinski definition) is 0. The molecule has 1 aliphatic heterocycles. The first-order valence-corrected chi connectivity index (χ1v) is 11.0. The number of fused-ring (bicyclic) bond motifs is 1. The number of anilines is 1. The second-order valence-corrected chi connectivity index (χ2v) is 8.62. The summed E-state index contributed by atoms with van der Waals surface area (Å²) in [5.41, 5.74) is 2.18. The first-order valence-electron chi connectivity index (χ1n) is 10.2. The minimum Gasteiger partial charge on any atom is -0.330 e. The summed E-state index contributed by atoms with van der Waals surface area (Å²) in [7, 11) is 0. The van der Waals surface area contributed by atoms with E-state index in [0.717, 1.165) is 52.8 Å². The molecule has 6 nitrogen and oxygen atoms in total. The van der Waals surface area contributed by atoms with E-state index in [-0.39, 0.29) is 5.91 Å². The maximum Gasteiger partial charge on any atom is 0.274 e. The summed E-state index contributed by atoms with van der Waals surface area (Å²) in [4.78, 5) is 22.6. The lowest BCUT2D eigenvalue weighted by Gasteiger charge is -2.30. The number of hydrogen-bond acceptors (Lipinski definition) is 4. The smallest absolute Gasteiger partial charge is 0.274 e. The van der Waals surface area contributed by atoms with E-state index in [0.29, 0.717) is 6.54 Å². The van der Waals surface area contributed by atoms with Crippen molar-refractivity contribution < 1.29 is 9.78 Å². The van der Waals surface area contributed by atoms with E-state index in [1.807, 2.05) is 59.1 Å². The van der Waals surface area contributed by atoms with Crippen LogP contribution in [0, 0.1) is 6.92 Å². The summed E-state index contributed by atoms with van der Waals surface area (Å²) < 4.78 is 2.02. The van der Waals surface area contributed by atoms with Gasteiger partial charge in [0.25, 0.3) is 11.7 Å². The molecule has 1 amide bonds. The summed E-state index contributed by atoms with van der Waals surface area (Å²) in [6, 6.07) is 18.4. The number of aryl methyl sites for hydroxylation is 1. The molecule has 0 radical (unpaired) electrons. The van der Waals surface area contributed by atoms with E-state index in [9.17, 15) is 4.79 Å². The van der Waals surface area contributed by atoms with Gasteiger partial charge in [-0.25, -0.2) is 4.98 Å². The van der Waals surface area contributed by atoms with Gasteiger partial charge in [0.05, 0.1) is 36.4 Å². The summed E-state index contributed by atoms with van der Waals surface area (Å²) in [5, 5.41) is 5.77. The van der Waals surface area contributed by atoms with Crippen LogP contribution in [0.1, 0.15) is 20.9 Å². The average Bonchev–Trinajstić information content (AvgIpc) is 3.36. The number of carbonyl (C=O) groups is 1. The fourth-order valence-electron chi connectivity index (χ4n) is 3.97. The second-order valence-electron chi connectivity index (χ2n) is 7.59. The first kappa shape index (κ1) is 18.8. The Morgan fingerprint density at radius 2 is 1.83 bits per heavy atom. The van der Waals surface area contributed by atoms with Gasteiger partial charge in [-0.15, -0.1) is 11.3 Å². The number of nitrogens with one attached hydrogen (secondary N) is 1. The highest BCUT2D eigenvalue weighted by molar-refractivity contribution is 7.20. The van der Waals surface area contributed by atoms with Crippen LogP contribution in [-0.4, -0.2) is 46.8 Å². The maximum atomic E-state index is 13.2. The van der Waals surface area contributed by atoms with Gasteiger partial charge in [0.2, 0.25) is 0 Å². The number of rotatable bonds is 4. The number of pyridine rings is 1. The van der Waals surface area contributed by atoms with E-state index in [2.05, 4.69) is 28.1 Å². The normalized spacial score (nSPS) is 14.4. The third-order valence-electron chi connectivity index (χ3n) is 5.59. The van der Waals surface area contributed by atoms with Gasteiger partial charge in [-0.05, 0) is 24.6 Å². The van der Waals surface area contributed by atoms with E-state index in [1.165, 1.54) is 5.56 Å². The molecule has 4 heterocycles. The number of amides is 1. The minimum atomic E-state index is 0.124. The molecule has 0 spiro atoms. The number of nitrogens with zero attached hydrogens (tertiary/aromatic N) is 4. The highest BCUT2D eigenvalue weighted by atomic mass is 32.1. The van der Waals surface area contributed by atoms with Crippen LogP contribution >= 0.6 is 11.3 Å². The molecule has 152 valence electrons. The van der Waals surface area contributed by atoms with Crippen molar-refractivity contribution in [1.82, 2.24) is 14.7 Å². The SMILES string of the molecule is Cc1nn(Cc2ccccc2)c2sc(C(=O)N3CCN(c4cccc[nH+]4)CC3)cc12. The maximum absolute atomic E-state index is 13.2. The number of H-pyrrole nitrogens is 1. The van der Waals surface area contributed by atoms with Gasteiger partial charge in [-0.2, -0.15) is 5.10 Å². The Bertz CT molecular complexity index is 1160. The Balaban J connectivity index is 1.33. The molecular formula is C23H24N5OS+. The van der Waals surface area contributed by atoms with Crippen LogP contribution in [-0.2, 0) is 6.54 Å². The molecule has 5 rings (SSSR count). The van der Waals surface area contributed by atoms with Crippen molar-refractivity contribution in [2.75, 3.05) is 31.1 Å². The van der Waals surface area contributed by atoms with E-state index in [1.54, 1.807) is 11.3 Å². The summed E-state index contributed by atoms with van der Waals surface area (Å²) in [5.74, 6) is 1.22. The summed E-state index contributed by atoms with van der Waals surface area (Å²) >= 11 is 1.55. The number of aromatic amines is 1. The Morgan fingerprint density at radius 1 is 1.07 bits per heavy atom. The number of benzene rings is 1. The molecule has 7 heteroatoms. The van der Waals surface area contributed by atoms with Crippen molar-refractivity contribution in [3.63, 3.8) is 0 Å². The van der Waals surface area contributed by atoms with Crippen LogP contribution in [0.3, 0.4) is 0 Å². The molecule has 1 N–H and O–H groups in total. The van der Waals surface area contributed by atoms with Crippen molar-refractivity contribution in [3.8, 4) is 0 Å². The molecule has 4 aromatic rings. The summed E-state index contributed by atoms with van der Waals surface area (Å²) in [6.07, 6.45) is 1.94. The van der Waals surface area contributed by atoms with Crippen LogP contribution in [0.25, 0.3) is 10.2 Å². The number of carbonyl (C=O) groups excluding carboxylic acids is 1. The van der Waals surface area contributed by atoms with Gasteiger partial charge in [0, 0.05) is 11.5 Å². The molecule has 3 aromatic heterocycles. The largest absolute Gasteiger partial charge is 0.330 e. The van der Waals surface area contributed by atoms with Gasteiger partial charge < -0.3 is 4.90 Å². The lowest BCUT2D eigenvalue weighted by atomic mass is 10.2. The van der Waals surface area contributed by atoms with Gasteiger partial charge in [-0.3, -0.25) is 14.4 Å². The predicted octanol–water partition coefficient (Wildman–Crippen LogP) is 3.23. The Labute approximate surface area is 179 Å². The van der Waals surface area contributed by atoms with Gasteiger partial charge in [0.15, 0.2) is 0 Å². The minimum absolute atomic E-state index is 0.124. The lowest BCUT2D eigenvalue weighted by Crippen LogP contribution is -2.49. The van der Waals surface area contributed by atoms with E-state index >= 15 is 0 Å². The number of thiophene rings is 1. The van der Waals surface area contributed by atoms with Crippen LogP contribution in [0.5, 0.6) is 0 Å². The second kappa shape index (κ2) is 7.91. The topological polar surface area (TPSA) is 55.5 Å². The third-order valence-corrected chi connectivity index (χ3v) is 6.73. The molecule has 0 bridgehead atoms. The zero-order valence-corrected chi connectivity index (χ0v) is 17.7. The van der Waals surface area contributed by atoms with Crippen LogP contribution in [0.15, 0.2) is 60.8 Å². The van der Waals surface area contributed by atoms with Crippen molar-refractivity contribution >= 4 is 33.3 Å². The monoisotopic (exact) mass is 418 g/mol. The van der Waals surface area contributed by atoms with Crippen molar-refractivity contribution in [3.05, 3.63) is 76.9 Å². The lowest BCUT2D eigenvalue weighted by molar-refractivity contribution is -0.364. The number of aromatic nitrogens is 3. The Morgan fingerprint density at radius 3 is 2.57 bits per heavy atom. The van der Waals surface area contributed by atoms with Crippen LogP contribution in [0.2, 0.25) is 0 Å². The fourth-order valence-corrected chi connectivity index (χ4v) is 5.10. The fraction of sp³-hybridized carbons (Fsp3) is 0.261. The highest BCUT2D eigenvalue weighted by Gasteiger charge is 2.28. The van der Waals surface area contributed by atoms with Gasteiger partial charge in [0.1, 0.15) is 17.9 Å². The highest BCUT2D eigenvalue weighted by Crippen LogP contribution is 2.30. The predicted molar refractivity (Wildman–Crippen MR) is 119 cm³/mol. The molecule has 0 aliphatic carbocycles. The molecule has 0 saturated carbocycles. The molecule has 0 unspecified atom stereocenters. The van der Waals surface area contributed by atoms with Crippen LogP contribution in [0.4, 0.5) is 5.82 Å². The van der Waals surface area contributed by atoms with E-state index < -0.39 is 0 Å². The van der Waals surface area contributed by atoms with Crippen molar-refractivity contribution in [1.29, 1.82) is 0 Å². The molecule has 1 saturated heterocycles. The molecular weight excluding hydrogens is 394 g/mol. The van der Waals surface area contributed by atoms with Crippen LogP contribution < -0.4 is 9.88 Å². The standard InChI is InChI=1S/C23H23N5OS/c1-17-19-15-20(30-23(19)28(25-17)16-18-7-3-2-4-8-18)22(29)27-13-11-26(12-14-27)21-9-5-6-10-24-21/h2-10,15H,11-14,16H2,1H3/p+1. The van der Waals surface area contributed by atoms with Gasteiger partial charge in [-0.1, -0.05) is 36.4 Å². The summed E-state index contributed by atoms with van der Waals surface area (Å²) in [6.45, 7) is 5.84. The first-order chi connectivity index (χ1) is 14.7. The van der Waals surface area contributed by atoms with E-state index in [4.69, 9.17) is 5.10 Å². The molecule has 1 aliphatic rings. The average molecular weight is 419 g/mol. The zero-order chi connectivity index (χ0) is 20.5. The quantitative estimate of drug-likeness (QED) is 0.511. The van der Waals surface area contributed by atoms with Crippen molar-refractivity contribution in [2.45, 2.75) is 13.5 Å². The van der Waals surface area contributed by atoms with Crippen molar-refractivity contribution in [2.24, 2.45) is 0 Å². The Kier molecular flexibility index (Phi) is 4.96. The zero-order valence-electron chi connectivity index (χ0n) is 16.9. The molecule has 30 heavy (non-hydrogen) atoms. The third kappa shape index (κ3) is 3.57.